The largest absolute Gasteiger partial charge is 0.479 e. The first-order valence-corrected chi connectivity index (χ1v) is 7.79. The van der Waals surface area contributed by atoms with Gasteiger partial charge in [0.05, 0.1) is 17.9 Å². The maximum absolute atomic E-state index is 10.4. The van der Waals surface area contributed by atoms with Crippen LogP contribution in [0.15, 0.2) is 5.16 Å². The van der Waals surface area contributed by atoms with Gasteiger partial charge in [0, 0.05) is 5.92 Å². The van der Waals surface area contributed by atoms with Gasteiger partial charge < -0.3 is 20.2 Å². The van der Waals surface area contributed by atoms with Crippen LogP contribution in [-0.4, -0.2) is 45.8 Å². The van der Waals surface area contributed by atoms with E-state index in [2.05, 4.69) is 12.1 Å². The Morgan fingerprint density at radius 3 is 2.90 bits per heavy atom. The van der Waals surface area contributed by atoms with Crippen molar-refractivity contribution in [1.82, 2.24) is 0 Å². The molecule has 0 spiro atoms. The van der Waals surface area contributed by atoms with Crippen molar-refractivity contribution in [2.45, 2.75) is 57.7 Å². The van der Waals surface area contributed by atoms with Crippen LogP contribution in [0.1, 0.15) is 45.4 Å². The van der Waals surface area contributed by atoms with Gasteiger partial charge in [-0.15, -0.1) is 0 Å². The third-order valence-electron chi connectivity index (χ3n) is 4.75. The number of carboxylic acid groups (broad SMARTS) is 1. The van der Waals surface area contributed by atoms with E-state index in [1.807, 2.05) is 0 Å². The Hall–Kier alpha value is -1.14. The number of aliphatic hydroxyl groups excluding tert-OH is 2. The number of aliphatic carboxylic acids is 1. The number of carbonyl (C=O) groups is 1. The number of hydrogen-bond donors (Lipinski definition) is 3. The first kappa shape index (κ1) is 16.2. The molecule has 5 atom stereocenters. The maximum Gasteiger partial charge on any atom is 0.344 e. The molecule has 0 radical (unpaired) electrons. The highest BCUT2D eigenvalue weighted by Crippen LogP contribution is 2.50. The molecule has 0 aliphatic heterocycles. The zero-order valence-electron chi connectivity index (χ0n) is 12.4. The third-order valence-corrected chi connectivity index (χ3v) is 4.75. The Labute approximate surface area is 124 Å². The monoisotopic (exact) mass is 299 g/mol. The molecule has 2 rings (SSSR count). The zero-order valence-corrected chi connectivity index (χ0v) is 12.4. The molecule has 2 saturated carbocycles. The number of rotatable bonds is 8. The highest BCUT2D eigenvalue weighted by atomic mass is 16.6. The van der Waals surface area contributed by atoms with Gasteiger partial charge in [0.2, 0.25) is 6.61 Å². The van der Waals surface area contributed by atoms with Crippen molar-refractivity contribution in [2.75, 3.05) is 6.61 Å². The molecule has 0 bridgehead atoms. The normalized spacial score (nSPS) is 34.3. The van der Waals surface area contributed by atoms with E-state index in [9.17, 15) is 15.0 Å². The molecular weight excluding hydrogens is 274 g/mol. The number of carboxylic acids is 1. The maximum atomic E-state index is 10.4. The van der Waals surface area contributed by atoms with Crippen LogP contribution < -0.4 is 0 Å². The summed E-state index contributed by atoms with van der Waals surface area (Å²) in [6.45, 7) is 1.63. The van der Waals surface area contributed by atoms with Crippen molar-refractivity contribution >= 4 is 11.7 Å². The van der Waals surface area contributed by atoms with Gasteiger partial charge in [-0.2, -0.15) is 0 Å². The molecule has 0 aromatic heterocycles. The van der Waals surface area contributed by atoms with Crippen LogP contribution in [0.4, 0.5) is 0 Å². The smallest absolute Gasteiger partial charge is 0.344 e. The molecule has 0 amide bonds. The standard InChI is InChI=1S/C15H25NO5/c1-2-3-9(17)4-5-10-11-6-13(12(11)7-14(10)18)16-21-8-15(19)20/h9-12,14,17-18H,2-8H2,1H3,(H,19,20). The lowest BCUT2D eigenvalue weighted by molar-refractivity contribution is -0.142. The van der Waals surface area contributed by atoms with Crippen LogP contribution in [0, 0.1) is 17.8 Å². The minimum atomic E-state index is -1.04. The molecule has 2 aliphatic rings. The minimum Gasteiger partial charge on any atom is -0.479 e. The van der Waals surface area contributed by atoms with Gasteiger partial charge in [0.15, 0.2) is 0 Å². The fraction of sp³-hybridized carbons (Fsp3) is 0.867. The van der Waals surface area contributed by atoms with E-state index in [0.717, 1.165) is 37.8 Å². The molecule has 6 nitrogen and oxygen atoms in total. The van der Waals surface area contributed by atoms with Crippen molar-refractivity contribution < 1.29 is 25.0 Å². The van der Waals surface area contributed by atoms with Gasteiger partial charge in [0.25, 0.3) is 0 Å². The zero-order chi connectivity index (χ0) is 15.4. The molecule has 2 fully saturated rings. The van der Waals surface area contributed by atoms with E-state index in [1.54, 1.807) is 0 Å². The predicted molar refractivity (Wildman–Crippen MR) is 76.9 cm³/mol. The van der Waals surface area contributed by atoms with E-state index >= 15 is 0 Å². The predicted octanol–water partition coefficient (Wildman–Crippen LogP) is 1.40. The fourth-order valence-electron chi connectivity index (χ4n) is 3.65. The molecule has 5 unspecified atom stereocenters. The molecule has 3 N–H and O–H groups in total. The van der Waals surface area contributed by atoms with Gasteiger partial charge >= 0.3 is 5.97 Å². The minimum absolute atomic E-state index is 0.222. The number of oxime groups is 1. The van der Waals surface area contributed by atoms with E-state index in [-0.39, 0.29) is 24.0 Å². The average molecular weight is 299 g/mol. The SMILES string of the molecule is CCCC(O)CCC1C(O)CC2C(=NOCC(=O)O)CC21. The lowest BCUT2D eigenvalue weighted by Gasteiger charge is -2.35. The molecule has 0 heterocycles. The Morgan fingerprint density at radius 2 is 2.24 bits per heavy atom. The van der Waals surface area contributed by atoms with Crippen molar-refractivity contribution in [3.8, 4) is 0 Å². The number of hydrogen-bond acceptors (Lipinski definition) is 5. The lowest BCUT2D eigenvalue weighted by atomic mass is 9.70. The molecule has 2 aliphatic carbocycles. The van der Waals surface area contributed by atoms with Crippen molar-refractivity contribution in [3.63, 3.8) is 0 Å². The summed E-state index contributed by atoms with van der Waals surface area (Å²) in [6, 6.07) is 0. The number of aliphatic hydroxyl groups is 2. The number of nitrogens with zero attached hydrogens (tertiary/aromatic N) is 1. The van der Waals surface area contributed by atoms with E-state index in [0.29, 0.717) is 12.3 Å². The summed E-state index contributed by atoms with van der Waals surface area (Å²) in [4.78, 5) is 15.1. The Balaban J connectivity index is 1.79. The molecule has 21 heavy (non-hydrogen) atoms. The second-order valence-corrected chi connectivity index (χ2v) is 6.21. The van der Waals surface area contributed by atoms with Gasteiger partial charge in [-0.1, -0.05) is 18.5 Å². The van der Waals surface area contributed by atoms with Gasteiger partial charge in [-0.25, -0.2) is 4.79 Å². The topological polar surface area (TPSA) is 99.4 Å². The Kier molecular flexibility index (Phi) is 5.58. The summed E-state index contributed by atoms with van der Waals surface area (Å²) in [5, 5.41) is 32.4. The fourth-order valence-corrected chi connectivity index (χ4v) is 3.65. The van der Waals surface area contributed by atoms with Crippen LogP contribution in [0.5, 0.6) is 0 Å². The Bertz CT molecular complexity index is 398. The van der Waals surface area contributed by atoms with Crippen molar-refractivity contribution in [3.05, 3.63) is 0 Å². The molecule has 0 aromatic rings. The van der Waals surface area contributed by atoms with Crippen molar-refractivity contribution in [1.29, 1.82) is 0 Å². The average Bonchev–Trinajstić information content (AvgIpc) is 2.65. The number of fused-ring (bicyclic) bond motifs is 1. The summed E-state index contributed by atoms with van der Waals surface area (Å²) in [5.41, 5.74) is 0.872. The van der Waals surface area contributed by atoms with Crippen LogP contribution in [0.3, 0.4) is 0 Å². The summed E-state index contributed by atoms with van der Waals surface area (Å²) >= 11 is 0. The molecule has 0 aromatic carbocycles. The van der Waals surface area contributed by atoms with Gasteiger partial charge in [-0.3, -0.25) is 0 Å². The first-order valence-electron chi connectivity index (χ1n) is 7.79. The van der Waals surface area contributed by atoms with E-state index in [1.165, 1.54) is 0 Å². The van der Waals surface area contributed by atoms with Crippen LogP contribution >= 0.6 is 0 Å². The van der Waals surface area contributed by atoms with Gasteiger partial charge in [-0.05, 0) is 43.9 Å². The van der Waals surface area contributed by atoms with Crippen LogP contribution in [-0.2, 0) is 9.63 Å². The van der Waals surface area contributed by atoms with E-state index < -0.39 is 12.6 Å². The quantitative estimate of drug-likeness (QED) is 0.588. The van der Waals surface area contributed by atoms with Crippen molar-refractivity contribution in [2.24, 2.45) is 22.9 Å². The second-order valence-electron chi connectivity index (χ2n) is 6.21. The summed E-state index contributed by atoms with van der Waals surface area (Å²) < 4.78 is 0. The molecular formula is C15H25NO5. The molecule has 0 saturated heterocycles. The Morgan fingerprint density at radius 1 is 1.48 bits per heavy atom. The molecule has 6 heteroatoms. The van der Waals surface area contributed by atoms with Gasteiger partial charge in [0.1, 0.15) is 0 Å². The lowest BCUT2D eigenvalue weighted by Crippen LogP contribution is -2.37. The van der Waals surface area contributed by atoms with E-state index in [4.69, 9.17) is 9.94 Å². The highest BCUT2D eigenvalue weighted by molar-refractivity contribution is 5.93. The molecule has 120 valence electrons. The summed E-state index contributed by atoms with van der Waals surface area (Å²) in [7, 11) is 0. The highest BCUT2D eigenvalue weighted by Gasteiger charge is 2.51. The van der Waals surface area contributed by atoms with Crippen LogP contribution in [0.25, 0.3) is 0 Å². The second kappa shape index (κ2) is 7.22. The first-order chi connectivity index (χ1) is 10.0. The van der Waals surface area contributed by atoms with Crippen LogP contribution in [0.2, 0.25) is 0 Å². The third kappa shape index (κ3) is 3.95. The summed E-state index contributed by atoms with van der Waals surface area (Å²) in [6.07, 6.45) is 4.19. The summed E-state index contributed by atoms with van der Waals surface area (Å²) in [5.74, 6) is -0.187.